The maximum absolute atomic E-state index is 0. The van der Waals surface area contributed by atoms with Gasteiger partial charge in [-0.05, 0) is 0 Å². The van der Waals surface area contributed by atoms with Crippen LogP contribution in [0.2, 0.25) is 0 Å². The standard InChI is InChI=1S/Ca.6ClH.Ti/h;6*1H;/q+2;;;;;;;+4/p-6. The van der Waals surface area contributed by atoms with E-state index in [1.165, 1.54) is 0 Å². The molecule has 0 aromatic carbocycles. The Kier molecular flexibility index (Phi) is 893. The molecule has 0 aliphatic heterocycles. The third kappa shape index (κ3) is 53.5. The van der Waals surface area contributed by atoms with Crippen molar-refractivity contribution >= 4 is 37.7 Å². The summed E-state index contributed by atoms with van der Waals surface area (Å²) in [4.78, 5) is 0. The van der Waals surface area contributed by atoms with E-state index in [4.69, 9.17) is 0 Å². The molecule has 0 aliphatic rings. The number of rotatable bonds is 0. The molecule has 0 heterocycles. The molecule has 48 valence electrons. The maximum Gasteiger partial charge on any atom is 4.00 e. The van der Waals surface area contributed by atoms with Crippen LogP contribution in [0.25, 0.3) is 0 Å². The van der Waals surface area contributed by atoms with Gasteiger partial charge in [0.2, 0.25) is 0 Å². The first-order valence-corrected chi connectivity index (χ1v) is 0. The average molecular weight is 301 g/mol. The van der Waals surface area contributed by atoms with Gasteiger partial charge in [0.25, 0.3) is 0 Å². The number of hydrogen-bond acceptors (Lipinski definition) is 0. The molecule has 0 aromatic heterocycles. The van der Waals surface area contributed by atoms with Gasteiger partial charge in [-0.15, -0.1) is 0 Å². The molecule has 0 fully saturated rings. The molecular formula is CaCl6Ti. The maximum atomic E-state index is 0. The molecule has 0 saturated heterocycles. The number of halogens is 6. The van der Waals surface area contributed by atoms with E-state index in [-0.39, 0.29) is 134 Å². The molecule has 0 bridgehead atoms. The minimum Gasteiger partial charge on any atom is -1.00 e. The fraction of sp³-hybridized carbons (Fsp3) is 0. The molecule has 0 rings (SSSR count). The van der Waals surface area contributed by atoms with E-state index < -0.39 is 0 Å². The van der Waals surface area contributed by atoms with Crippen molar-refractivity contribution in [1.29, 1.82) is 0 Å². The summed E-state index contributed by atoms with van der Waals surface area (Å²) in [5.41, 5.74) is 0. The van der Waals surface area contributed by atoms with E-state index in [2.05, 4.69) is 0 Å². The summed E-state index contributed by atoms with van der Waals surface area (Å²) >= 11 is 0. The van der Waals surface area contributed by atoms with Crippen molar-refractivity contribution in [2.75, 3.05) is 0 Å². The summed E-state index contributed by atoms with van der Waals surface area (Å²) in [6.07, 6.45) is 0. The Hall–Kier alpha value is 3.71. The van der Waals surface area contributed by atoms with Crippen LogP contribution in [0.5, 0.6) is 0 Å². The predicted octanol–water partition coefficient (Wildman–Crippen LogP) is -18.4. The summed E-state index contributed by atoms with van der Waals surface area (Å²) in [5, 5.41) is 0. The van der Waals surface area contributed by atoms with Crippen molar-refractivity contribution < 1.29 is 96.2 Å². The monoisotopic (exact) mass is 298 g/mol. The molecule has 0 saturated carbocycles. The fourth-order valence-corrected chi connectivity index (χ4v) is 0. The first-order chi connectivity index (χ1) is 0. The molecule has 8 heavy (non-hydrogen) atoms. The molecule has 0 unspecified atom stereocenters. The molecular weight excluding hydrogens is 301 g/mol. The van der Waals surface area contributed by atoms with Gasteiger partial charge in [0, 0.05) is 0 Å². The van der Waals surface area contributed by atoms with Crippen LogP contribution in [0.1, 0.15) is 0 Å². The smallest absolute Gasteiger partial charge is 1.00 e. The second kappa shape index (κ2) is 73.3. The van der Waals surface area contributed by atoms with Gasteiger partial charge in [0.15, 0.2) is 0 Å². The average Bonchev–Trinajstić information content (AvgIpc) is 0. The molecule has 0 aliphatic carbocycles. The van der Waals surface area contributed by atoms with Crippen LogP contribution >= 0.6 is 0 Å². The molecule has 0 nitrogen and oxygen atoms in total. The van der Waals surface area contributed by atoms with Crippen molar-refractivity contribution in [1.82, 2.24) is 0 Å². The van der Waals surface area contributed by atoms with Gasteiger partial charge in [0.1, 0.15) is 0 Å². The summed E-state index contributed by atoms with van der Waals surface area (Å²) in [6, 6.07) is 0. The Morgan fingerprint density at radius 1 is 0.375 bits per heavy atom. The molecule has 0 atom stereocenters. The summed E-state index contributed by atoms with van der Waals surface area (Å²) in [7, 11) is 0. The summed E-state index contributed by atoms with van der Waals surface area (Å²) < 4.78 is 0. The zero-order valence-corrected chi connectivity index (χ0v) is 11.8. The first kappa shape index (κ1) is 97.5. The van der Waals surface area contributed by atoms with Crippen LogP contribution in [0, 0.1) is 0 Å². The van der Waals surface area contributed by atoms with Crippen molar-refractivity contribution in [2.45, 2.75) is 0 Å². The second-order valence-corrected chi connectivity index (χ2v) is 0. The van der Waals surface area contributed by atoms with Gasteiger partial charge in [0.05, 0.1) is 0 Å². The van der Waals surface area contributed by atoms with Gasteiger partial charge in [-0.1, -0.05) is 0 Å². The predicted molar refractivity (Wildman–Crippen MR) is 5.75 cm³/mol. The van der Waals surface area contributed by atoms with Crippen LogP contribution in [0.3, 0.4) is 0 Å². The van der Waals surface area contributed by atoms with E-state index in [0.29, 0.717) is 0 Å². The largest absolute Gasteiger partial charge is 4.00 e. The van der Waals surface area contributed by atoms with Crippen molar-refractivity contribution in [3.63, 3.8) is 0 Å². The number of hydrogen-bond donors (Lipinski definition) is 0. The van der Waals surface area contributed by atoms with Crippen molar-refractivity contribution in [2.24, 2.45) is 0 Å². The Bertz CT molecular complexity index is 8.49. The van der Waals surface area contributed by atoms with Crippen LogP contribution in [0.4, 0.5) is 0 Å². The molecule has 8 heteroatoms. The van der Waals surface area contributed by atoms with Crippen LogP contribution in [-0.2, 0) is 21.7 Å². The van der Waals surface area contributed by atoms with Gasteiger partial charge in [-0.3, -0.25) is 0 Å². The Balaban J connectivity index is 0. The van der Waals surface area contributed by atoms with Gasteiger partial charge < -0.3 is 74.4 Å². The van der Waals surface area contributed by atoms with E-state index in [9.17, 15) is 0 Å². The normalized spacial score (nSPS) is 0. The third-order valence-corrected chi connectivity index (χ3v) is 0. The molecule has 0 amide bonds. The Morgan fingerprint density at radius 2 is 0.375 bits per heavy atom. The topological polar surface area (TPSA) is 0 Å². The zero-order valence-electron chi connectivity index (χ0n) is 3.47. The summed E-state index contributed by atoms with van der Waals surface area (Å²) in [6.45, 7) is 0. The summed E-state index contributed by atoms with van der Waals surface area (Å²) in [5.74, 6) is 0. The second-order valence-electron chi connectivity index (χ2n) is 0. The van der Waals surface area contributed by atoms with Crippen LogP contribution < -0.4 is 74.4 Å². The SMILES string of the molecule is [Ca+2].[Cl-].[Cl-].[Cl-].[Cl-].[Cl-].[Cl-].[Ti+4]. The van der Waals surface area contributed by atoms with Gasteiger partial charge in [-0.25, -0.2) is 0 Å². The minimum atomic E-state index is 0. The Labute approximate surface area is 131 Å². The quantitative estimate of drug-likeness (QED) is 0.390. The minimum absolute atomic E-state index is 0. The first-order valence-electron chi connectivity index (χ1n) is 0. The molecule has 0 spiro atoms. The molecule has 0 N–H and O–H groups in total. The van der Waals surface area contributed by atoms with E-state index in [0.717, 1.165) is 0 Å². The van der Waals surface area contributed by atoms with Crippen LogP contribution in [-0.4, -0.2) is 37.7 Å². The van der Waals surface area contributed by atoms with Gasteiger partial charge >= 0.3 is 59.5 Å². The van der Waals surface area contributed by atoms with E-state index in [1.807, 2.05) is 0 Å². The Morgan fingerprint density at radius 3 is 0.375 bits per heavy atom. The van der Waals surface area contributed by atoms with Crippen LogP contribution in [0.15, 0.2) is 0 Å². The van der Waals surface area contributed by atoms with Crippen molar-refractivity contribution in [3.8, 4) is 0 Å². The third-order valence-electron chi connectivity index (χ3n) is 0. The van der Waals surface area contributed by atoms with E-state index >= 15 is 0 Å². The fourth-order valence-electron chi connectivity index (χ4n) is 0. The van der Waals surface area contributed by atoms with Crippen molar-refractivity contribution in [3.05, 3.63) is 0 Å². The molecule has 0 aromatic rings. The van der Waals surface area contributed by atoms with E-state index in [1.54, 1.807) is 0 Å². The van der Waals surface area contributed by atoms with Gasteiger partial charge in [-0.2, -0.15) is 0 Å². The zero-order chi connectivity index (χ0) is 0. The molecule has 0 radical (unpaired) electrons.